The molecule has 1 aliphatic rings. The molecule has 0 fully saturated rings. The molecule has 2 aromatic carbocycles. The molecule has 20 heavy (non-hydrogen) atoms. The highest BCUT2D eigenvalue weighted by Crippen LogP contribution is 2.35. The van der Waals surface area contributed by atoms with Gasteiger partial charge in [-0.15, -0.1) is 0 Å². The fourth-order valence-corrected chi connectivity index (χ4v) is 2.83. The van der Waals surface area contributed by atoms with Crippen molar-refractivity contribution in [3.05, 3.63) is 65.7 Å². The van der Waals surface area contributed by atoms with E-state index in [1.807, 2.05) is 49.5 Å². The van der Waals surface area contributed by atoms with Crippen LogP contribution in [0, 0.1) is 0 Å². The summed E-state index contributed by atoms with van der Waals surface area (Å²) in [7, 11) is 2.04. The average Bonchev–Trinajstić information content (AvgIpc) is 2.48. The minimum atomic E-state index is -0.501. The van der Waals surface area contributed by atoms with Gasteiger partial charge in [-0.1, -0.05) is 48.5 Å². The van der Waals surface area contributed by atoms with Crippen molar-refractivity contribution < 1.29 is 9.84 Å². The van der Waals surface area contributed by atoms with Gasteiger partial charge in [0.15, 0.2) is 0 Å². The number of aliphatic hydroxyl groups excluding tert-OH is 1. The fourth-order valence-electron chi connectivity index (χ4n) is 2.83. The summed E-state index contributed by atoms with van der Waals surface area (Å²) in [5.41, 5.74) is 2.30. The third-order valence-electron chi connectivity index (χ3n) is 3.76. The van der Waals surface area contributed by atoms with Gasteiger partial charge >= 0.3 is 0 Å². The summed E-state index contributed by atoms with van der Waals surface area (Å²) in [4.78, 5) is 2.18. The number of hydrogen-bond acceptors (Lipinski definition) is 3. The molecule has 0 bridgehead atoms. The van der Waals surface area contributed by atoms with E-state index in [1.54, 1.807) is 0 Å². The zero-order chi connectivity index (χ0) is 13.9. The summed E-state index contributed by atoms with van der Waals surface area (Å²) >= 11 is 0. The first kappa shape index (κ1) is 13.2. The van der Waals surface area contributed by atoms with E-state index in [2.05, 4.69) is 17.0 Å². The van der Waals surface area contributed by atoms with Crippen molar-refractivity contribution in [3.8, 4) is 5.75 Å². The Labute approximate surface area is 119 Å². The number of nitrogens with zero attached hydrogens (tertiary/aromatic N) is 1. The second-order valence-electron chi connectivity index (χ2n) is 5.26. The molecule has 0 saturated carbocycles. The smallest absolute Gasteiger partial charge is 0.124 e. The molecule has 0 spiro atoms. The molecule has 3 rings (SSSR count). The van der Waals surface area contributed by atoms with Gasteiger partial charge in [-0.3, -0.25) is 4.90 Å². The summed E-state index contributed by atoms with van der Waals surface area (Å²) in [5.74, 6) is 0.878. The van der Waals surface area contributed by atoms with Gasteiger partial charge in [-0.2, -0.15) is 0 Å². The molecule has 2 atom stereocenters. The van der Waals surface area contributed by atoms with E-state index in [9.17, 15) is 5.11 Å². The van der Waals surface area contributed by atoms with Gasteiger partial charge in [0.2, 0.25) is 0 Å². The Morgan fingerprint density at radius 2 is 1.80 bits per heavy atom. The molecule has 3 nitrogen and oxygen atoms in total. The lowest BCUT2D eigenvalue weighted by molar-refractivity contribution is 0.00691. The van der Waals surface area contributed by atoms with Crippen molar-refractivity contribution in [2.24, 2.45) is 0 Å². The maximum absolute atomic E-state index is 10.3. The minimum absolute atomic E-state index is 0.0276. The van der Waals surface area contributed by atoms with Crippen LogP contribution in [0.2, 0.25) is 0 Å². The molecule has 2 aromatic rings. The van der Waals surface area contributed by atoms with Crippen molar-refractivity contribution in [2.75, 3.05) is 13.7 Å². The molecule has 1 aliphatic heterocycles. The van der Waals surface area contributed by atoms with Crippen molar-refractivity contribution in [1.29, 1.82) is 0 Å². The molecule has 0 radical (unpaired) electrons. The van der Waals surface area contributed by atoms with Gasteiger partial charge in [0.25, 0.3) is 0 Å². The summed E-state index contributed by atoms with van der Waals surface area (Å²) < 4.78 is 5.59. The number of aliphatic hydroxyl groups is 1. The Morgan fingerprint density at radius 3 is 2.60 bits per heavy atom. The van der Waals surface area contributed by atoms with Crippen LogP contribution in [0.25, 0.3) is 0 Å². The Kier molecular flexibility index (Phi) is 3.72. The van der Waals surface area contributed by atoms with Gasteiger partial charge in [-0.25, -0.2) is 0 Å². The first-order valence-corrected chi connectivity index (χ1v) is 6.89. The zero-order valence-electron chi connectivity index (χ0n) is 11.6. The molecule has 3 heteroatoms. The number of hydrogen-bond donors (Lipinski definition) is 1. The Hall–Kier alpha value is -1.84. The summed E-state index contributed by atoms with van der Waals surface area (Å²) in [6, 6.07) is 18.2. The highest BCUT2D eigenvalue weighted by molar-refractivity contribution is 5.38. The number of fused-ring (bicyclic) bond motifs is 1. The van der Waals surface area contributed by atoms with E-state index in [1.165, 1.54) is 5.56 Å². The second kappa shape index (κ2) is 5.65. The van der Waals surface area contributed by atoms with Crippen molar-refractivity contribution in [2.45, 2.75) is 18.7 Å². The predicted molar refractivity (Wildman–Crippen MR) is 78.6 cm³/mol. The van der Waals surface area contributed by atoms with Gasteiger partial charge in [0.1, 0.15) is 18.5 Å². The largest absolute Gasteiger partial charge is 0.490 e. The number of rotatable bonds is 3. The summed E-state index contributed by atoms with van der Waals surface area (Å²) in [5, 5.41) is 10.3. The third-order valence-corrected chi connectivity index (χ3v) is 3.76. The molecule has 0 aliphatic carbocycles. The van der Waals surface area contributed by atoms with Crippen LogP contribution in [0.3, 0.4) is 0 Å². The summed E-state index contributed by atoms with van der Waals surface area (Å²) in [6.45, 7) is 1.15. The lowest BCUT2D eigenvalue weighted by Crippen LogP contribution is -2.40. The lowest BCUT2D eigenvalue weighted by atomic mass is 9.96. The van der Waals surface area contributed by atoms with Crippen LogP contribution in [0.1, 0.15) is 17.2 Å². The number of para-hydroxylation sites is 1. The second-order valence-corrected chi connectivity index (χ2v) is 5.26. The van der Waals surface area contributed by atoms with Crippen LogP contribution in [-0.4, -0.2) is 29.8 Å². The first-order chi connectivity index (χ1) is 9.75. The van der Waals surface area contributed by atoms with Gasteiger partial charge in [0, 0.05) is 12.1 Å². The van der Waals surface area contributed by atoms with Crippen LogP contribution in [0.5, 0.6) is 5.75 Å². The van der Waals surface area contributed by atoms with E-state index in [-0.39, 0.29) is 6.04 Å². The number of benzene rings is 2. The van der Waals surface area contributed by atoms with Crippen LogP contribution >= 0.6 is 0 Å². The van der Waals surface area contributed by atoms with Crippen LogP contribution in [0.4, 0.5) is 0 Å². The third kappa shape index (κ3) is 2.55. The predicted octanol–water partition coefficient (Wildman–Crippen LogP) is 2.61. The Bertz CT molecular complexity index is 570. The quantitative estimate of drug-likeness (QED) is 0.929. The topological polar surface area (TPSA) is 32.7 Å². The number of ether oxygens (including phenoxy) is 1. The molecule has 2 unspecified atom stereocenters. The molecule has 104 valence electrons. The van der Waals surface area contributed by atoms with Crippen molar-refractivity contribution >= 4 is 0 Å². The van der Waals surface area contributed by atoms with Crippen molar-refractivity contribution in [1.82, 2.24) is 4.90 Å². The SMILES string of the molecule is CN(Cc1ccccc1)C1c2ccccc2OCC1O. The first-order valence-electron chi connectivity index (χ1n) is 6.89. The monoisotopic (exact) mass is 269 g/mol. The Balaban J connectivity index is 1.85. The maximum atomic E-state index is 10.3. The lowest BCUT2D eigenvalue weighted by Gasteiger charge is -2.36. The van der Waals surface area contributed by atoms with Crippen LogP contribution < -0.4 is 4.74 Å². The molecule has 0 amide bonds. The highest BCUT2D eigenvalue weighted by atomic mass is 16.5. The highest BCUT2D eigenvalue weighted by Gasteiger charge is 2.32. The molecule has 0 aromatic heterocycles. The zero-order valence-corrected chi connectivity index (χ0v) is 11.6. The Morgan fingerprint density at radius 1 is 1.10 bits per heavy atom. The molecular weight excluding hydrogens is 250 g/mol. The molecular formula is C17H19NO2. The summed E-state index contributed by atoms with van der Waals surface area (Å²) in [6.07, 6.45) is -0.501. The molecule has 1 N–H and O–H groups in total. The van der Waals surface area contributed by atoms with E-state index < -0.39 is 6.10 Å². The fraction of sp³-hybridized carbons (Fsp3) is 0.294. The average molecular weight is 269 g/mol. The van der Waals surface area contributed by atoms with Gasteiger partial charge in [-0.05, 0) is 18.7 Å². The normalized spacial score (nSPS) is 21.4. The van der Waals surface area contributed by atoms with Gasteiger partial charge < -0.3 is 9.84 Å². The minimum Gasteiger partial charge on any atom is -0.490 e. The standard InChI is InChI=1S/C17H19NO2/c1-18(11-13-7-3-2-4-8-13)17-14-9-5-6-10-16(14)20-12-15(17)19/h2-10,15,17,19H,11-12H2,1H3. The number of likely N-dealkylation sites (N-methyl/N-ethyl adjacent to an activating group) is 1. The molecule has 0 saturated heterocycles. The van der Waals surface area contributed by atoms with E-state index in [4.69, 9.17) is 4.74 Å². The van der Waals surface area contributed by atoms with E-state index in [0.29, 0.717) is 6.61 Å². The van der Waals surface area contributed by atoms with E-state index in [0.717, 1.165) is 17.9 Å². The van der Waals surface area contributed by atoms with Crippen molar-refractivity contribution in [3.63, 3.8) is 0 Å². The van der Waals surface area contributed by atoms with E-state index >= 15 is 0 Å². The van der Waals surface area contributed by atoms with Crippen LogP contribution in [0.15, 0.2) is 54.6 Å². The maximum Gasteiger partial charge on any atom is 0.124 e. The van der Waals surface area contributed by atoms with Crippen LogP contribution in [-0.2, 0) is 6.54 Å². The molecule has 1 heterocycles. The van der Waals surface area contributed by atoms with Gasteiger partial charge in [0.05, 0.1) is 6.04 Å².